The lowest BCUT2D eigenvalue weighted by atomic mass is 9.87. The maximum absolute atomic E-state index is 12.6. The average Bonchev–Trinajstić information content (AvgIpc) is 2.67. The highest BCUT2D eigenvalue weighted by Crippen LogP contribution is 2.29. The van der Waals surface area contributed by atoms with Gasteiger partial charge in [0.05, 0.1) is 0 Å². The number of rotatable bonds is 4. The van der Waals surface area contributed by atoms with Crippen LogP contribution in [0.4, 0.5) is 0 Å². The van der Waals surface area contributed by atoms with Gasteiger partial charge in [0, 0.05) is 25.2 Å². The lowest BCUT2D eigenvalue weighted by molar-refractivity contribution is 0.0713. The molecule has 0 unspecified atom stereocenters. The molecule has 0 aromatic heterocycles. The Hall–Kier alpha value is -2.11. The molecular weight excluding hydrogens is 299 g/mol. The van der Waals surface area contributed by atoms with Crippen LogP contribution in [0, 0.1) is 0 Å². The number of carbonyl (C=O) groups is 1. The van der Waals surface area contributed by atoms with E-state index in [2.05, 4.69) is 24.3 Å². The topological polar surface area (TPSA) is 66.6 Å². The van der Waals surface area contributed by atoms with Crippen molar-refractivity contribution in [1.29, 1.82) is 0 Å². The van der Waals surface area contributed by atoms with Gasteiger partial charge in [0.1, 0.15) is 0 Å². The molecule has 24 heavy (non-hydrogen) atoms. The lowest BCUT2D eigenvalue weighted by Gasteiger charge is -2.32. The van der Waals surface area contributed by atoms with E-state index < -0.39 is 0 Å². The summed E-state index contributed by atoms with van der Waals surface area (Å²) in [5.41, 5.74) is 9.73. The Morgan fingerprint density at radius 1 is 1.17 bits per heavy atom. The number of benzene rings is 2. The van der Waals surface area contributed by atoms with E-state index in [-0.39, 0.29) is 13.4 Å². The smallest absolute Gasteiger partial charge is 0.304 e. The fourth-order valence-electron chi connectivity index (χ4n) is 3.33. The maximum Gasteiger partial charge on any atom is 0.304 e. The molecule has 0 bridgehead atoms. The van der Waals surface area contributed by atoms with Crippen molar-refractivity contribution < 1.29 is 9.82 Å². The van der Waals surface area contributed by atoms with Crippen molar-refractivity contribution in [2.45, 2.75) is 25.3 Å². The van der Waals surface area contributed by atoms with Crippen molar-refractivity contribution in [2.75, 3.05) is 13.1 Å². The molecule has 0 atom stereocenters. The molecule has 2 aromatic rings. The summed E-state index contributed by atoms with van der Waals surface area (Å²) in [6.45, 7) is 2.12. The normalized spacial score (nSPS) is 15.3. The molecular formula is C19H23BN2O2. The van der Waals surface area contributed by atoms with Gasteiger partial charge in [-0.1, -0.05) is 41.9 Å². The van der Waals surface area contributed by atoms with Gasteiger partial charge in [0.2, 0.25) is 0 Å². The van der Waals surface area contributed by atoms with Crippen LogP contribution in [0.1, 0.15) is 40.2 Å². The second kappa shape index (κ2) is 7.64. The second-order valence-corrected chi connectivity index (χ2v) is 6.37. The van der Waals surface area contributed by atoms with E-state index >= 15 is 0 Å². The van der Waals surface area contributed by atoms with Crippen LogP contribution in [0.5, 0.6) is 0 Å². The van der Waals surface area contributed by atoms with Gasteiger partial charge in [-0.15, -0.1) is 0 Å². The van der Waals surface area contributed by atoms with Crippen LogP contribution in [-0.2, 0) is 6.54 Å². The van der Waals surface area contributed by atoms with E-state index in [0.717, 1.165) is 37.0 Å². The van der Waals surface area contributed by atoms with Crippen LogP contribution in [-0.4, -0.2) is 36.4 Å². The minimum absolute atomic E-state index is 0.00171. The van der Waals surface area contributed by atoms with Crippen LogP contribution in [0.3, 0.4) is 0 Å². The summed E-state index contributed by atoms with van der Waals surface area (Å²) < 4.78 is 0. The molecule has 0 saturated carbocycles. The van der Waals surface area contributed by atoms with Gasteiger partial charge in [0.25, 0.3) is 5.91 Å². The standard InChI is InChI=1S/C19H23BN2O2/c21-13-14-2-1-3-17(12-14)15-8-10-22(11-9-15)19(23)16-4-6-18(20-24)7-5-16/h1-7,12,15,20,24H,8-11,13,21H2. The van der Waals surface area contributed by atoms with Gasteiger partial charge in [-0.3, -0.25) is 4.79 Å². The number of likely N-dealkylation sites (tertiary alicyclic amines) is 1. The minimum atomic E-state index is 0.00171. The molecule has 0 spiro atoms. The summed E-state index contributed by atoms with van der Waals surface area (Å²) in [7, 11) is 0.00171. The lowest BCUT2D eigenvalue weighted by Crippen LogP contribution is -2.38. The van der Waals surface area contributed by atoms with Crippen LogP contribution in [0.15, 0.2) is 48.5 Å². The third-order valence-electron chi connectivity index (χ3n) is 4.82. The predicted octanol–water partition coefficient (Wildman–Crippen LogP) is 1.13. The first-order valence-electron chi connectivity index (χ1n) is 8.49. The first-order valence-corrected chi connectivity index (χ1v) is 8.49. The van der Waals surface area contributed by atoms with Crippen molar-refractivity contribution in [3.63, 3.8) is 0 Å². The van der Waals surface area contributed by atoms with E-state index in [9.17, 15) is 4.79 Å². The van der Waals surface area contributed by atoms with Crippen molar-refractivity contribution in [1.82, 2.24) is 4.90 Å². The van der Waals surface area contributed by atoms with E-state index in [0.29, 0.717) is 18.0 Å². The molecule has 1 saturated heterocycles. The highest BCUT2D eigenvalue weighted by Gasteiger charge is 2.24. The molecule has 1 aliphatic heterocycles. The number of hydrogen-bond acceptors (Lipinski definition) is 3. The highest BCUT2D eigenvalue weighted by atomic mass is 16.2. The zero-order chi connectivity index (χ0) is 16.9. The summed E-state index contributed by atoms with van der Waals surface area (Å²) in [6.07, 6.45) is 1.96. The molecule has 1 aliphatic rings. The first-order chi connectivity index (χ1) is 11.7. The Bertz CT molecular complexity index is 695. The van der Waals surface area contributed by atoms with Gasteiger partial charge in [-0.05, 0) is 42.0 Å². The summed E-state index contributed by atoms with van der Waals surface area (Å²) in [4.78, 5) is 14.5. The summed E-state index contributed by atoms with van der Waals surface area (Å²) in [5, 5.41) is 9.09. The van der Waals surface area contributed by atoms with Crippen LogP contribution < -0.4 is 11.2 Å². The van der Waals surface area contributed by atoms with Gasteiger partial charge >= 0.3 is 7.48 Å². The summed E-state index contributed by atoms with van der Waals surface area (Å²) in [5.74, 6) is 0.575. The fourth-order valence-corrected chi connectivity index (χ4v) is 3.33. The number of nitrogens with two attached hydrogens (primary N) is 1. The van der Waals surface area contributed by atoms with Crippen LogP contribution in [0.25, 0.3) is 0 Å². The third kappa shape index (κ3) is 3.69. The Morgan fingerprint density at radius 2 is 1.88 bits per heavy atom. The summed E-state index contributed by atoms with van der Waals surface area (Å²) >= 11 is 0. The molecule has 3 rings (SSSR count). The van der Waals surface area contributed by atoms with E-state index in [1.54, 1.807) is 24.3 Å². The SMILES string of the molecule is NCc1cccc(C2CCN(C(=O)c3ccc(BO)cc3)CC2)c1. The molecule has 0 aliphatic carbocycles. The van der Waals surface area contributed by atoms with Gasteiger partial charge < -0.3 is 15.7 Å². The Labute approximate surface area is 143 Å². The molecule has 1 fully saturated rings. The van der Waals surface area contributed by atoms with Crippen molar-refractivity contribution in [3.05, 3.63) is 65.2 Å². The highest BCUT2D eigenvalue weighted by molar-refractivity contribution is 6.45. The fraction of sp³-hybridized carbons (Fsp3) is 0.316. The quantitative estimate of drug-likeness (QED) is 0.830. The molecule has 1 amide bonds. The van der Waals surface area contributed by atoms with E-state index in [1.807, 2.05) is 4.90 Å². The monoisotopic (exact) mass is 322 g/mol. The Balaban J connectivity index is 1.62. The Morgan fingerprint density at radius 3 is 2.50 bits per heavy atom. The first kappa shape index (κ1) is 16.7. The molecule has 2 aromatic carbocycles. The van der Waals surface area contributed by atoms with Crippen molar-refractivity contribution in [3.8, 4) is 0 Å². The van der Waals surface area contributed by atoms with E-state index in [4.69, 9.17) is 10.8 Å². The van der Waals surface area contributed by atoms with Crippen LogP contribution in [0.2, 0.25) is 0 Å². The average molecular weight is 322 g/mol. The summed E-state index contributed by atoms with van der Waals surface area (Å²) in [6, 6.07) is 15.7. The second-order valence-electron chi connectivity index (χ2n) is 6.37. The number of amides is 1. The Kier molecular flexibility index (Phi) is 5.33. The number of piperidine rings is 1. The van der Waals surface area contributed by atoms with Gasteiger partial charge in [0.15, 0.2) is 0 Å². The molecule has 4 nitrogen and oxygen atoms in total. The molecule has 5 heteroatoms. The number of carbonyl (C=O) groups excluding carboxylic acids is 1. The molecule has 1 heterocycles. The maximum atomic E-state index is 12.6. The third-order valence-corrected chi connectivity index (χ3v) is 4.82. The largest absolute Gasteiger partial charge is 0.449 e. The van der Waals surface area contributed by atoms with Crippen LogP contribution >= 0.6 is 0 Å². The number of nitrogens with zero attached hydrogens (tertiary/aromatic N) is 1. The zero-order valence-corrected chi connectivity index (χ0v) is 13.8. The molecule has 3 N–H and O–H groups in total. The molecule has 0 radical (unpaired) electrons. The minimum Gasteiger partial charge on any atom is -0.449 e. The zero-order valence-electron chi connectivity index (χ0n) is 13.8. The number of hydrogen-bond donors (Lipinski definition) is 2. The van der Waals surface area contributed by atoms with Gasteiger partial charge in [-0.25, -0.2) is 0 Å². The van der Waals surface area contributed by atoms with Crippen molar-refractivity contribution >= 4 is 18.9 Å². The van der Waals surface area contributed by atoms with E-state index in [1.165, 1.54) is 5.56 Å². The predicted molar refractivity (Wildman–Crippen MR) is 97.7 cm³/mol. The van der Waals surface area contributed by atoms with Crippen molar-refractivity contribution in [2.24, 2.45) is 5.73 Å². The van der Waals surface area contributed by atoms with Gasteiger partial charge in [-0.2, -0.15) is 0 Å². The molecule has 124 valence electrons.